The Labute approximate surface area is 215 Å². The molecule has 0 fully saturated rings. The van der Waals surface area contributed by atoms with Crippen molar-refractivity contribution in [2.75, 3.05) is 17.9 Å². The number of anilines is 1. The van der Waals surface area contributed by atoms with Crippen LogP contribution in [0, 0.1) is 17.6 Å². The summed E-state index contributed by atoms with van der Waals surface area (Å²) in [7, 11) is 0. The number of hydrogen-bond donors (Lipinski definition) is 2. The molecule has 3 aromatic rings. The number of hydrogen-bond acceptors (Lipinski definition) is 6. The van der Waals surface area contributed by atoms with Crippen LogP contribution >= 0.6 is 46.5 Å². The fraction of sp³-hybridized carbons (Fsp3) is 0.292. The number of ether oxygens (including phenoxy) is 1. The van der Waals surface area contributed by atoms with Crippen LogP contribution in [-0.4, -0.2) is 24.2 Å². The molecule has 1 heterocycles. The monoisotopic (exact) mass is 541 g/mol. The number of aromatic nitrogens is 1. The average Bonchev–Trinajstić information content (AvgIpc) is 3.24. The van der Waals surface area contributed by atoms with Crippen molar-refractivity contribution < 1.29 is 13.5 Å². The fourth-order valence-corrected chi connectivity index (χ4v) is 5.77. The SMILES string of the molecule is CCNC1CCC=C(c2ccc(F)cc2)C1COc1cc(F)c(SNc2ncc(Cl)s2)cc1Cl. The van der Waals surface area contributed by atoms with E-state index in [-0.39, 0.29) is 23.5 Å². The molecule has 2 aromatic carbocycles. The standard InChI is InChI=1S/C24H23Cl2F2N3OS2/c1-2-29-20-5-3-4-16(14-6-8-15(27)9-7-14)17(20)13-32-21-11-19(28)22(10-18(21)25)34-31-24-30-12-23(26)33-24/h4,6-12,17,20,29H,2-3,5,13H2,1H3,(H,30,31). The number of benzene rings is 2. The van der Waals surface area contributed by atoms with E-state index in [1.54, 1.807) is 12.1 Å². The van der Waals surface area contributed by atoms with E-state index >= 15 is 0 Å². The second kappa shape index (κ2) is 11.7. The number of thiazole rings is 1. The number of allylic oxidation sites excluding steroid dienone is 1. The maximum Gasteiger partial charge on any atom is 0.194 e. The van der Waals surface area contributed by atoms with Gasteiger partial charge in [-0.25, -0.2) is 13.8 Å². The molecule has 1 aliphatic carbocycles. The van der Waals surface area contributed by atoms with Gasteiger partial charge >= 0.3 is 0 Å². The molecule has 2 atom stereocenters. The first kappa shape index (κ1) is 25.3. The molecule has 0 saturated heterocycles. The molecule has 4 nitrogen and oxygen atoms in total. The molecule has 10 heteroatoms. The molecule has 0 aliphatic heterocycles. The Hall–Kier alpha value is -1.84. The molecule has 1 aromatic heterocycles. The molecular weight excluding hydrogens is 519 g/mol. The smallest absolute Gasteiger partial charge is 0.194 e. The average molecular weight is 543 g/mol. The van der Waals surface area contributed by atoms with E-state index in [4.69, 9.17) is 27.9 Å². The highest BCUT2D eigenvalue weighted by Gasteiger charge is 2.29. The molecule has 0 amide bonds. The maximum atomic E-state index is 14.8. The minimum Gasteiger partial charge on any atom is -0.491 e. The highest BCUT2D eigenvalue weighted by atomic mass is 35.5. The fourth-order valence-electron chi connectivity index (χ4n) is 3.95. The molecular formula is C24H23Cl2F2N3OS2. The Kier molecular flexibility index (Phi) is 8.71. The van der Waals surface area contributed by atoms with Crippen LogP contribution in [0.5, 0.6) is 5.75 Å². The first-order chi connectivity index (χ1) is 16.4. The number of halogens is 4. The van der Waals surface area contributed by atoms with Gasteiger partial charge in [0, 0.05) is 18.0 Å². The van der Waals surface area contributed by atoms with Gasteiger partial charge in [0.25, 0.3) is 0 Å². The van der Waals surface area contributed by atoms with Crippen LogP contribution in [0.4, 0.5) is 13.9 Å². The molecule has 1 aliphatic rings. The van der Waals surface area contributed by atoms with Crippen molar-refractivity contribution in [2.45, 2.75) is 30.7 Å². The van der Waals surface area contributed by atoms with Gasteiger partial charge in [-0.05, 0) is 60.7 Å². The van der Waals surface area contributed by atoms with Gasteiger partial charge < -0.3 is 14.8 Å². The minimum atomic E-state index is -0.458. The van der Waals surface area contributed by atoms with Gasteiger partial charge in [-0.1, -0.05) is 59.7 Å². The quantitative estimate of drug-likeness (QED) is 0.272. The van der Waals surface area contributed by atoms with E-state index in [2.05, 4.69) is 28.0 Å². The minimum absolute atomic E-state index is 0.00339. The van der Waals surface area contributed by atoms with Crippen LogP contribution in [0.1, 0.15) is 25.3 Å². The van der Waals surface area contributed by atoms with Crippen LogP contribution in [-0.2, 0) is 0 Å². The van der Waals surface area contributed by atoms with Gasteiger partial charge in [-0.3, -0.25) is 0 Å². The Balaban J connectivity index is 1.49. The van der Waals surface area contributed by atoms with Crippen molar-refractivity contribution in [3.63, 3.8) is 0 Å². The van der Waals surface area contributed by atoms with E-state index < -0.39 is 5.82 Å². The largest absolute Gasteiger partial charge is 0.491 e. The summed E-state index contributed by atoms with van der Waals surface area (Å²) < 4.78 is 37.8. The lowest BCUT2D eigenvalue weighted by Crippen LogP contribution is -2.41. The highest BCUT2D eigenvalue weighted by Crippen LogP contribution is 2.37. The first-order valence-electron chi connectivity index (χ1n) is 10.8. The molecule has 0 saturated carbocycles. The molecule has 34 heavy (non-hydrogen) atoms. The van der Waals surface area contributed by atoms with Gasteiger partial charge in [-0.15, -0.1) is 0 Å². The third-order valence-corrected chi connectivity index (χ3v) is 7.78. The zero-order valence-electron chi connectivity index (χ0n) is 18.3. The summed E-state index contributed by atoms with van der Waals surface area (Å²) in [5.41, 5.74) is 2.04. The van der Waals surface area contributed by atoms with Gasteiger partial charge in [0.05, 0.1) is 22.7 Å². The van der Waals surface area contributed by atoms with Crippen molar-refractivity contribution in [2.24, 2.45) is 5.92 Å². The lowest BCUT2D eigenvalue weighted by Gasteiger charge is -2.33. The second-order valence-corrected chi connectivity index (χ2v) is 10.6. The van der Waals surface area contributed by atoms with Crippen LogP contribution in [0.2, 0.25) is 9.36 Å². The summed E-state index contributed by atoms with van der Waals surface area (Å²) in [5.74, 6) is -0.451. The zero-order valence-corrected chi connectivity index (χ0v) is 21.4. The van der Waals surface area contributed by atoms with Gasteiger partial charge in [-0.2, -0.15) is 0 Å². The van der Waals surface area contributed by atoms with Crippen molar-refractivity contribution >= 4 is 57.2 Å². The van der Waals surface area contributed by atoms with Gasteiger partial charge in [0.2, 0.25) is 0 Å². The summed E-state index contributed by atoms with van der Waals surface area (Å²) >= 11 is 14.6. The first-order valence-corrected chi connectivity index (χ1v) is 13.2. The van der Waals surface area contributed by atoms with E-state index in [0.717, 1.165) is 42.5 Å². The van der Waals surface area contributed by atoms with Crippen molar-refractivity contribution in [1.29, 1.82) is 0 Å². The molecule has 0 spiro atoms. The molecule has 0 bridgehead atoms. The maximum absolute atomic E-state index is 14.8. The van der Waals surface area contributed by atoms with E-state index in [1.807, 2.05) is 0 Å². The van der Waals surface area contributed by atoms with Crippen molar-refractivity contribution in [3.05, 3.63) is 75.2 Å². The number of nitrogens with zero attached hydrogens (tertiary/aromatic N) is 1. The molecule has 0 radical (unpaired) electrons. The summed E-state index contributed by atoms with van der Waals surface area (Å²) in [6.45, 7) is 3.18. The van der Waals surface area contributed by atoms with Crippen LogP contribution in [0.15, 0.2) is 53.6 Å². The molecule has 2 N–H and O–H groups in total. The van der Waals surface area contributed by atoms with E-state index in [1.165, 1.54) is 41.8 Å². The topological polar surface area (TPSA) is 46.2 Å². The number of nitrogens with one attached hydrogen (secondary N) is 2. The summed E-state index contributed by atoms with van der Waals surface area (Å²) in [6.07, 6.45) is 5.57. The van der Waals surface area contributed by atoms with Crippen LogP contribution in [0.25, 0.3) is 5.57 Å². The molecule has 180 valence electrons. The lowest BCUT2D eigenvalue weighted by molar-refractivity contribution is 0.236. The Morgan fingerprint density at radius 3 is 2.71 bits per heavy atom. The predicted molar refractivity (Wildman–Crippen MR) is 138 cm³/mol. The van der Waals surface area contributed by atoms with Crippen molar-refractivity contribution in [3.8, 4) is 5.75 Å². The van der Waals surface area contributed by atoms with Crippen molar-refractivity contribution in [1.82, 2.24) is 10.3 Å². The van der Waals surface area contributed by atoms with Crippen LogP contribution in [0.3, 0.4) is 0 Å². The highest BCUT2D eigenvalue weighted by molar-refractivity contribution is 8.00. The van der Waals surface area contributed by atoms with Crippen LogP contribution < -0.4 is 14.8 Å². The predicted octanol–water partition coefficient (Wildman–Crippen LogP) is 7.70. The Bertz CT molecular complexity index is 1160. The van der Waals surface area contributed by atoms with Gasteiger partial charge in [0.1, 0.15) is 21.7 Å². The molecule has 2 unspecified atom stereocenters. The molecule has 4 rings (SSSR count). The third-order valence-electron chi connectivity index (χ3n) is 5.50. The lowest BCUT2D eigenvalue weighted by atomic mass is 9.80. The second-order valence-electron chi connectivity index (χ2n) is 7.71. The Morgan fingerprint density at radius 1 is 1.21 bits per heavy atom. The van der Waals surface area contributed by atoms with E-state index in [0.29, 0.717) is 26.0 Å². The van der Waals surface area contributed by atoms with Gasteiger partial charge in [0.15, 0.2) is 5.13 Å². The van der Waals surface area contributed by atoms with E-state index in [9.17, 15) is 8.78 Å². The zero-order chi connectivity index (χ0) is 24.1. The number of rotatable bonds is 9. The summed E-state index contributed by atoms with van der Waals surface area (Å²) in [5, 5.41) is 4.40. The third kappa shape index (κ3) is 6.23. The summed E-state index contributed by atoms with van der Waals surface area (Å²) in [6, 6.07) is 9.49. The Morgan fingerprint density at radius 2 is 2.00 bits per heavy atom. The summed E-state index contributed by atoms with van der Waals surface area (Å²) in [4.78, 5) is 4.40. The normalized spacial score (nSPS) is 18.0.